The number of rotatable bonds is 5. The predicted molar refractivity (Wildman–Crippen MR) is 39.4 cm³/mol. The van der Waals surface area contributed by atoms with Crippen molar-refractivity contribution >= 4 is 5.97 Å². The molecule has 0 rings (SSSR count). The fraction of sp³-hybridized carbons (Fsp3) is 0.875. The topological polar surface area (TPSA) is 26.3 Å². The first-order chi connectivity index (χ1) is 5.26. The quantitative estimate of drug-likeness (QED) is 0.773. The van der Waals surface area contributed by atoms with E-state index in [1.165, 1.54) is 0 Å². The molecule has 0 aliphatic rings. The molecule has 1 unspecified atom stereocenters. The number of carbonyl (C=O) groups excluding carboxylic acids is 1. The Morgan fingerprint density at radius 3 is 2.55 bits per heavy atom. The van der Waals surface area contributed by atoms with Crippen molar-refractivity contribution in [2.24, 2.45) is 5.92 Å². The molecular weight excluding hydrogens is 268 g/mol. The van der Waals surface area contributed by atoms with Gasteiger partial charge in [0.25, 0.3) is 0 Å². The average molecular weight is 283 g/mol. The zero-order valence-electron chi connectivity index (χ0n) is 7.22. The molecule has 2 nitrogen and oxygen atoms in total. The van der Waals surface area contributed by atoms with E-state index in [-0.39, 0.29) is 11.9 Å². The van der Waals surface area contributed by atoms with Crippen molar-refractivity contribution < 1.29 is 46.0 Å². The number of unbranched alkanes of at least 4 members (excludes halogenated alkanes) is 1. The van der Waals surface area contributed by atoms with E-state index in [1.54, 1.807) is 0 Å². The zero-order valence-corrected chi connectivity index (χ0v) is 10.4. The van der Waals surface area contributed by atoms with Crippen molar-refractivity contribution in [3.63, 3.8) is 0 Å². The van der Waals surface area contributed by atoms with Crippen molar-refractivity contribution in [2.75, 3.05) is 0 Å². The van der Waals surface area contributed by atoms with Gasteiger partial charge in [0.1, 0.15) is 0 Å². The summed E-state index contributed by atoms with van der Waals surface area (Å²) in [5.74, 6) is 0.167. The molecule has 0 spiro atoms. The Hall–Kier alpha value is 0.847. The second kappa shape index (κ2) is 7.49. The molecule has 0 aromatic carbocycles. The van der Waals surface area contributed by atoms with E-state index in [1.807, 2.05) is 6.92 Å². The van der Waals surface area contributed by atoms with Crippen LogP contribution in [-0.4, -0.2) is 5.97 Å². The molecule has 0 amide bonds. The van der Waals surface area contributed by atoms with Crippen molar-refractivity contribution in [1.29, 1.82) is 0 Å². The van der Waals surface area contributed by atoms with Crippen LogP contribution in [0, 0.1) is 46.2 Å². The Balaban J connectivity index is 3.65. The molecule has 0 aromatic heterocycles. The van der Waals surface area contributed by atoms with Gasteiger partial charge in [-0.3, -0.25) is 0 Å². The van der Waals surface area contributed by atoms with Crippen LogP contribution in [0.3, 0.4) is 0 Å². The Kier molecular flexibility index (Phi) is 8.07. The van der Waals surface area contributed by atoms with Crippen molar-refractivity contribution in [2.45, 2.75) is 39.5 Å². The Labute approximate surface area is 96.5 Å². The van der Waals surface area contributed by atoms with Gasteiger partial charge in [0.05, 0.1) is 0 Å². The van der Waals surface area contributed by atoms with Crippen LogP contribution in [0.4, 0.5) is 0 Å². The maximum atomic E-state index is 11.1. The van der Waals surface area contributed by atoms with Crippen LogP contribution in [0.2, 0.25) is 0 Å². The average Bonchev–Trinajstić information content (AvgIpc) is 2.05. The van der Waals surface area contributed by atoms with Crippen LogP contribution >= 0.6 is 0 Å². The monoisotopic (exact) mass is 283 g/mol. The molecule has 63 valence electrons. The zero-order chi connectivity index (χ0) is 8.69. The van der Waals surface area contributed by atoms with Gasteiger partial charge >= 0.3 is 97.4 Å². The third-order valence-electron chi connectivity index (χ3n) is 1.83. The molecule has 0 fully saturated rings. The van der Waals surface area contributed by atoms with E-state index in [9.17, 15) is 4.79 Å². The van der Waals surface area contributed by atoms with Gasteiger partial charge in [-0.25, -0.2) is 0 Å². The summed E-state index contributed by atoms with van der Waals surface area (Å²) in [5.41, 5.74) is 0. The summed E-state index contributed by atoms with van der Waals surface area (Å²) in [6, 6.07) is 0. The predicted octanol–water partition coefficient (Wildman–Crippen LogP) is 2.21. The molecule has 11 heavy (non-hydrogen) atoms. The van der Waals surface area contributed by atoms with E-state index in [4.69, 9.17) is 0.951 Å². The molecule has 0 aliphatic carbocycles. The van der Waals surface area contributed by atoms with E-state index in [0.29, 0.717) is 40.2 Å². The molecule has 0 heterocycles. The fourth-order valence-electron chi connectivity index (χ4n) is 1.02. The molecular formula is C8H15CeO2. The van der Waals surface area contributed by atoms with E-state index in [0.717, 1.165) is 25.7 Å². The molecule has 0 radical (unpaired) electrons. The molecule has 0 aromatic rings. The van der Waals surface area contributed by atoms with Crippen molar-refractivity contribution in [3.8, 4) is 0 Å². The minimum absolute atomic E-state index is 0.00705. The van der Waals surface area contributed by atoms with Crippen LogP contribution in [0.25, 0.3) is 0 Å². The standard InChI is InChI=1S/C8H16O2.Ce/c1-3-5-6-7(4-2)8(9)10;/h7H,3-6H2,1-2H3,(H,9,10);/q;+1/p-1. The summed E-state index contributed by atoms with van der Waals surface area (Å²) in [5, 5.41) is 0. The van der Waals surface area contributed by atoms with Crippen LogP contribution in [0.15, 0.2) is 0 Å². The maximum absolute atomic E-state index is 11.1. The van der Waals surface area contributed by atoms with E-state index >= 15 is 0 Å². The van der Waals surface area contributed by atoms with Crippen molar-refractivity contribution in [1.82, 2.24) is 0 Å². The Bertz CT molecular complexity index is 115. The van der Waals surface area contributed by atoms with Gasteiger partial charge in [-0.05, 0) is 0 Å². The normalized spacial score (nSPS) is 12.5. The number of hydrogen-bond acceptors (Lipinski definition) is 2. The molecule has 0 aliphatic heterocycles. The Morgan fingerprint density at radius 1 is 1.55 bits per heavy atom. The van der Waals surface area contributed by atoms with Crippen LogP contribution in [-0.2, 0) is 5.75 Å². The molecule has 0 bridgehead atoms. The van der Waals surface area contributed by atoms with Gasteiger partial charge in [0.15, 0.2) is 0 Å². The van der Waals surface area contributed by atoms with Crippen LogP contribution in [0.5, 0.6) is 0 Å². The summed E-state index contributed by atoms with van der Waals surface area (Å²) in [6.45, 7) is 4.18. The summed E-state index contributed by atoms with van der Waals surface area (Å²) < 4.78 is 4.80. The summed E-state index contributed by atoms with van der Waals surface area (Å²) in [6.07, 6.45) is 4.20. The second-order valence-electron chi connectivity index (χ2n) is 2.67. The molecule has 1 atom stereocenters. The first kappa shape index (κ1) is 11.8. The summed E-state index contributed by atoms with van der Waals surface area (Å²) in [4.78, 5) is 11.1. The van der Waals surface area contributed by atoms with Gasteiger partial charge in [0, 0.05) is 0 Å². The third kappa shape index (κ3) is 5.14. The third-order valence-corrected chi connectivity index (χ3v) is 2.46. The summed E-state index contributed by atoms with van der Waals surface area (Å²) >= 11 is 0.534. The van der Waals surface area contributed by atoms with Gasteiger partial charge in [-0.2, -0.15) is 0 Å². The first-order valence-electron chi connectivity index (χ1n) is 4.13. The van der Waals surface area contributed by atoms with Crippen molar-refractivity contribution in [3.05, 3.63) is 0 Å². The molecule has 0 saturated heterocycles. The Morgan fingerprint density at radius 2 is 2.18 bits per heavy atom. The van der Waals surface area contributed by atoms with Gasteiger partial charge < -0.3 is 0 Å². The van der Waals surface area contributed by atoms with E-state index in [2.05, 4.69) is 6.92 Å². The van der Waals surface area contributed by atoms with Gasteiger partial charge in [-0.1, -0.05) is 0 Å². The van der Waals surface area contributed by atoms with Crippen LogP contribution in [0.1, 0.15) is 39.5 Å². The number of hydrogen-bond donors (Lipinski definition) is 0. The molecule has 3 heteroatoms. The number of carbonyl (C=O) groups is 1. The van der Waals surface area contributed by atoms with Gasteiger partial charge in [-0.15, -0.1) is 0 Å². The minimum atomic E-state index is 0.00705. The van der Waals surface area contributed by atoms with E-state index < -0.39 is 0 Å². The SMILES string of the molecule is CCCCC(CC)C(=O)[O][Ce]. The van der Waals surface area contributed by atoms with Crippen LogP contribution < -0.4 is 0 Å². The van der Waals surface area contributed by atoms with Gasteiger partial charge in [0.2, 0.25) is 0 Å². The molecule has 0 N–H and O–H groups in total. The summed E-state index contributed by atoms with van der Waals surface area (Å²) in [7, 11) is 0. The first-order valence-corrected chi connectivity index (χ1v) is 5.41. The fourth-order valence-corrected chi connectivity index (χ4v) is 1.55. The molecule has 0 saturated carbocycles. The second-order valence-corrected chi connectivity index (χ2v) is 3.31.